The summed E-state index contributed by atoms with van der Waals surface area (Å²) in [7, 11) is 0. The maximum atomic E-state index is 12.6. The third kappa shape index (κ3) is 3.60. The second kappa shape index (κ2) is 6.27. The molecular formula is C16H11F3N4O2. The number of ether oxygens (including phenoxy) is 1. The largest absolute Gasteiger partial charge is 0.573 e. The second-order valence-corrected chi connectivity index (χ2v) is 4.95. The molecule has 0 radical (unpaired) electrons. The van der Waals surface area contributed by atoms with Crippen LogP contribution in [0.4, 0.5) is 13.2 Å². The Bertz CT molecular complexity index is 921. The number of benzene rings is 2. The van der Waals surface area contributed by atoms with Gasteiger partial charge in [-0.25, -0.2) is 9.67 Å². The normalized spacial score (nSPS) is 11.3. The number of carbonyl (C=O) groups excluding carboxylic acids is 1. The molecule has 9 heteroatoms. The van der Waals surface area contributed by atoms with Gasteiger partial charge < -0.3 is 10.5 Å². The number of nitrogens with two attached hydrogens (primary N) is 1. The Kier molecular flexibility index (Phi) is 4.14. The average molecular weight is 348 g/mol. The summed E-state index contributed by atoms with van der Waals surface area (Å²) in [5, 5.41) is 3.92. The first-order valence-corrected chi connectivity index (χ1v) is 7.00. The van der Waals surface area contributed by atoms with Gasteiger partial charge in [0, 0.05) is 5.56 Å². The van der Waals surface area contributed by atoms with E-state index in [1.54, 1.807) is 30.3 Å². The summed E-state index contributed by atoms with van der Waals surface area (Å²) in [5.41, 5.74) is 6.34. The van der Waals surface area contributed by atoms with Gasteiger partial charge in [0.05, 0.1) is 5.69 Å². The SMILES string of the molecule is NC(=O)c1ncnn1-c1cccc(-c2ccccc2OC(F)(F)F)c1. The van der Waals surface area contributed by atoms with E-state index >= 15 is 0 Å². The zero-order valence-electron chi connectivity index (χ0n) is 12.6. The highest BCUT2D eigenvalue weighted by Gasteiger charge is 2.32. The van der Waals surface area contributed by atoms with Crippen molar-refractivity contribution in [3.05, 3.63) is 60.7 Å². The van der Waals surface area contributed by atoms with Crippen molar-refractivity contribution in [2.75, 3.05) is 0 Å². The molecule has 3 rings (SSSR count). The second-order valence-electron chi connectivity index (χ2n) is 4.95. The number of halogens is 3. The van der Waals surface area contributed by atoms with Crippen LogP contribution in [0.3, 0.4) is 0 Å². The van der Waals surface area contributed by atoms with Crippen LogP contribution in [0.25, 0.3) is 16.8 Å². The fourth-order valence-corrected chi connectivity index (χ4v) is 2.32. The number of para-hydroxylation sites is 1. The van der Waals surface area contributed by atoms with Crippen molar-refractivity contribution in [1.29, 1.82) is 0 Å². The summed E-state index contributed by atoms with van der Waals surface area (Å²) in [4.78, 5) is 15.1. The Hall–Kier alpha value is -3.36. The van der Waals surface area contributed by atoms with E-state index in [4.69, 9.17) is 5.73 Å². The summed E-state index contributed by atoms with van der Waals surface area (Å²) in [6.45, 7) is 0. The molecule has 128 valence electrons. The van der Waals surface area contributed by atoms with Gasteiger partial charge in [0.2, 0.25) is 5.82 Å². The molecule has 1 heterocycles. The molecular weight excluding hydrogens is 337 g/mol. The van der Waals surface area contributed by atoms with Gasteiger partial charge in [0.15, 0.2) is 0 Å². The van der Waals surface area contributed by atoms with Gasteiger partial charge in [-0.3, -0.25) is 4.79 Å². The standard InChI is InChI=1S/C16H11F3N4O2/c17-16(18,19)25-13-7-2-1-6-12(13)10-4-3-5-11(8-10)23-15(14(20)24)21-9-22-23/h1-9H,(H2,20,24). The number of rotatable bonds is 4. The highest BCUT2D eigenvalue weighted by Crippen LogP contribution is 2.34. The predicted octanol–water partition coefficient (Wildman–Crippen LogP) is 2.93. The lowest BCUT2D eigenvalue weighted by molar-refractivity contribution is -0.274. The quantitative estimate of drug-likeness (QED) is 0.786. The van der Waals surface area contributed by atoms with Gasteiger partial charge in [0.25, 0.3) is 5.91 Å². The van der Waals surface area contributed by atoms with Gasteiger partial charge in [-0.2, -0.15) is 5.10 Å². The number of primary amides is 1. The molecule has 2 N–H and O–H groups in total. The Morgan fingerprint density at radius 2 is 1.88 bits per heavy atom. The van der Waals surface area contributed by atoms with E-state index in [9.17, 15) is 18.0 Å². The summed E-state index contributed by atoms with van der Waals surface area (Å²) >= 11 is 0. The number of hydrogen-bond donors (Lipinski definition) is 1. The molecule has 6 nitrogen and oxygen atoms in total. The lowest BCUT2D eigenvalue weighted by Crippen LogP contribution is -2.18. The van der Waals surface area contributed by atoms with Gasteiger partial charge >= 0.3 is 6.36 Å². The topological polar surface area (TPSA) is 83.0 Å². The third-order valence-corrected chi connectivity index (χ3v) is 3.28. The van der Waals surface area contributed by atoms with Crippen molar-refractivity contribution in [3.63, 3.8) is 0 Å². The molecule has 0 saturated heterocycles. The van der Waals surface area contributed by atoms with Gasteiger partial charge in [-0.15, -0.1) is 13.2 Å². The van der Waals surface area contributed by atoms with Crippen LogP contribution in [-0.4, -0.2) is 27.0 Å². The molecule has 2 aromatic carbocycles. The van der Waals surface area contributed by atoms with Crippen molar-refractivity contribution in [2.45, 2.75) is 6.36 Å². The summed E-state index contributed by atoms with van der Waals surface area (Å²) in [6.07, 6.45) is -3.65. The van der Waals surface area contributed by atoms with Crippen LogP contribution in [-0.2, 0) is 0 Å². The summed E-state index contributed by atoms with van der Waals surface area (Å²) in [5.74, 6) is -1.19. The molecule has 0 aliphatic heterocycles. The molecule has 25 heavy (non-hydrogen) atoms. The van der Waals surface area contributed by atoms with Crippen LogP contribution in [0, 0.1) is 0 Å². The fourth-order valence-electron chi connectivity index (χ4n) is 2.32. The van der Waals surface area contributed by atoms with Crippen LogP contribution in [0.2, 0.25) is 0 Å². The average Bonchev–Trinajstić information content (AvgIpc) is 3.04. The number of hydrogen-bond acceptors (Lipinski definition) is 4. The number of amides is 1. The third-order valence-electron chi connectivity index (χ3n) is 3.28. The Balaban J connectivity index is 2.06. The molecule has 0 atom stereocenters. The van der Waals surface area contributed by atoms with Crippen molar-refractivity contribution in [1.82, 2.24) is 14.8 Å². The Morgan fingerprint density at radius 3 is 2.60 bits per heavy atom. The minimum Gasteiger partial charge on any atom is -0.405 e. The minimum absolute atomic E-state index is 0.0861. The maximum Gasteiger partial charge on any atom is 0.573 e. The zero-order valence-corrected chi connectivity index (χ0v) is 12.6. The lowest BCUT2D eigenvalue weighted by Gasteiger charge is -2.14. The number of carbonyl (C=O) groups is 1. The Labute approximate surface area is 139 Å². The van der Waals surface area contributed by atoms with Crippen LogP contribution < -0.4 is 10.5 Å². The molecule has 1 aromatic heterocycles. The van der Waals surface area contributed by atoms with E-state index in [0.717, 1.165) is 6.33 Å². The smallest absolute Gasteiger partial charge is 0.405 e. The number of alkyl halides is 3. The van der Waals surface area contributed by atoms with Gasteiger partial charge in [-0.05, 0) is 23.8 Å². The first-order chi connectivity index (χ1) is 11.8. The minimum atomic E-state index is -4.81. The van der Waals surface area contributed by atoms with Crippen molar-refractivity contribution in [2.24, 2.45) is 5.73 Å². The first kappa shape index (κ1) is 16.5. The maximum absolute atomic E-state index is 12.6. The number of aromatic nitrogens is 3. The van der Waals surface area contributed by atoms with Crippen molar-refractivity contribution in [3.8, 4) is 22.6 Å². The molecule has 0 aliphatic carbocycles. The summed E-state index contributed by atoms with van der Waals surface area (Å²) < 4.78 is 43.0. The highest BCUT2D eigenvalue weighted by molar-refractivity contribution is 5.89. The van der Waals surface area contributed by atoms with Crippen LogP contribution in [0.1, 0.15) is 10.6 Å². The van der Waals surface area contributed by atoms with Crippen LogP contribution in [0.5, 0.6) is 5.75 Å². The van der Waals surface area contributed by atoms with E-state index in [0.29, 0.717) is 11.3 Å². The van der Waals surface area contributed by atoms with Gasteiger partial charge in [-0.1, -0.05) is 30.3 Å². The van der Waals surface area contributed by atoms with E-state index in [1.807, 2.05) is 0 Å². The molecule has 0 bridgehead atoms. The van der Waals surface area contributed by atoms with E-state index in [2.05, 4.69) is 14.8 Å². The van der Waals surface area contributed by atoms with Crippen LogP contribution in [0.15, 0.2) is 54.9 Å². The molecule has 0 saturated carbocycles. The Morgan fingerprint density at radius 1 is 1.12 bits per heavy atom. The van der Waals surface area contributed by atoms with E-state index in [-0.39, 0.29) is 17.1 Å². The predicted molar refractivity (Wildman–Crippen MR) is 82.0 cm³/mol. The molecule has 0 aliphatic rings. The first-order valence-electron chi connectivity index (χ1n) is 7.00. The van der Waals surface area contributed by atoms with Crippen molar-refractivity contribution >= 4 is 5.91 Å². The molecule has 0 spiro atoms. The highest BCUT2D eigenvalue weighted by atomic mass is 19.4. The molecule has 0 unspecified atom stereocenters. The molecule has 3 aromatic rings. The zero-order chi connectivity index (χ0) is 18.0. The lowest BCUT2D eigenvalue weighted by atomic mass is 10.0. The van der Waals surface area contributed by atoms with E-state index in [1.165, 1.54) is 22.9 Å². The number of nitrogens with zero attached hydrogens (tertiary/aromatic N) is 3. The molecule has 0 fully saturated rings. The monoisotopic (exact) mass is 348 g/mol. The van der Waals surface area contributed by atoms with Crippen LogP contribution >= 0.6 is 0 Å². The fraction of sp³-hybridized carbons (Fsp3) is 0.0625. The molecule has 1 amide bonds. The van der Waals surface area contributed by atoms with E-state index < -0.39 is 12.3 Å². The van der Waals surface area contributed by atoms with Crippen molar-refractivity contribution < 1.29 is 22.7 Å². The van der Waals surface area contributed by atoms with Gasteiger partial charge in [0.1, 0.15) is 12.1 Å². The summed E-state index contributed by atoms with van der Waals surface area (Å²) in [6, 6.07) is 12.2.